The summed E-state index contributed by atoms with van der Waals surface area (Å²) in [5, 5.41) is 4.20. The van der Waals surface area contributed by atoms with Crippen molar-refractivity contribution in [2.24, 2.45) is 0 Å². The van der Waals surface area contributed by atoms with Crippen molar-refractivity contribution >= 4 is 17.3 Å². The molecule has 0 amide bonds. The zero-order chi connectivity index (χ0) is 10.4. The molecule has 2 nitrogen and oxygen atoms in total. The molecule has 0 spiro atoms. The molecule has 0 atom stereocenters. The van der Waals surface area contributed by atoms with Crippen LogP contribution in [0.5, 0.6) is 0 Å². The van der Waals surface area contributed by atoms with Gasteiger partial charge in [0.2, 0.25) is 0 Å². The monoisotopic (exact) mass is 214 g/mol. The molecule has 0 unspecified atom stereocenters. The van der Waals surface area contributed by atoms with E-state index in [1.807, 2.05) is 0 Å². The lowest BCUT2D eigenvalue weighted by Gasteiger charge is -2.35. The van der Waals surface area contributed by atoms with E-state index in [-0.39, 0.29) is 0 Å². The molecule has 0 bridgehead atoms. The molecular weight excluding hydrogens is 192 g/mol. The molecule has 1 N–H and O–H groups in total. The SMILES string of the molecule is CCNC(=S)N(CC)C1CCCCC1. The molecule has 0 radical (unpaired) electrons. The highest BCUT2D eigenvalue weighted by Gasteiger charge is 2.21. The van der Waals surface area contributed by atoms with Gasteiger partial charge in [0.05, 0.1) is 0 Å². The minimum absolute atomic E-state index is 0.695. The number of nitrogens with zero attached hydrogens (tertiary/aromatic N) is 1. The van der Waals surface area contributed by atoms with E-state index in [0.29, 0.717) is 6.04 Å². The van der Waals surface area contributed by atoms with E-state index in [4.69, 9.17) is 12.2 Å². The van der Waals surface area contributed by atoms with Gasteiger partial charge in [-0.3, -0.25) is 0 Å². The third-order valence-corrected chi connectivity index (χ3v) is 3.32. The molecule has 14 heavy (non-hydrogen) atoms. The molecular formula is C11H22N2S. The second-order valence-corrected chi connectivity index (χ2v) is 4.30. The van der Waals surface area contributed by atoms with E-state index >= 15 is 0 Å². The van der Waals surface area contributed by atoms with Crippen molar-refractivity contribution in [2.45, 2.75) is 52.0 Å². The normalized spacial score (nSPS) is 17.9. The van der Waals surface area contributed by atoms with Crippen molar-refractivity contribution in [3.8, 4) is 0 Å². The number of thiocarbonyl (C=S) groups is 1. The van der Waals surface area contributed by atoms with Gasteiger partial charge < -0.3 is 10.2 Å². The van der Waals surface area contributed by atoms with Gasteiger partial charge >= 0.3 is 0 Å². The Bertz CT molecular complexity index is 176. The minimum atomic E-state index is 0.695. The first kappa shape index (κ1) is 11.8. The number of hydrogen-bond donors (Lipinski definition) is 1. The van der Waals surface area contributed by atoms with E-state index in [1.54, 1.807) is 0 Å². The van der Waals surface area contributed by atoms with Crippen molar-refractivity contribution in [1.82, 2.24) is 10.2 Å². The Balaban J connectivity index is 2.46. The lowest BCUT2D eigenvalue weighted by molar-refractivity contribution is 0.250. The van der Waals surface area contributed by atoms with E-state index in [0.717, 1.165) is 18.2 Å². The first-order valence-electron chi connectivity index (χ1n) is 5.84. The fraction of sp³-hybridized carbons (Fsp3) is 0.909. The zero-order valence-corrected chi connectivity index (χ0v) is 10.2. The predicted molar refractivity (Wildman–Crippen MR) is 65.5 cm³/mol. The second kappa shape index (κ2) is 6.23. The van der Waals surface area contributed by atoms with Gasteiger partial charge in [-0.1, -0.05) is 19.3 Å². The molecule has 1 aliphatic rings. The molecule has 0 heterocycles. The van der Waals surface area contributed by atoms with Gasteiger partial charge in [-0.15, -0.1) is 0 Å². The van der Waals surface area contributed by atoms with Gasteiger partial charge in [0.25, 0.3) is 0 Å². The van der Waals surface area contributed by atoms with Gasteiger partial charge in [-0.05, 0) is 38.9 Å². The average molecular weight is 214 g/mol. The third-order valence-electron chi connectivity index (χ3n) is 2.95. The molecule has 0 aromatic carbocycles. The fourth-order valence-electron chi connectivity index (χ4n) is 2.21. The summed E-state index contributed by atoms with van der Waals surface area (Å²) < 4.78 is 0. The van der Waals surface area contributed by atoms with Crippen LogP contribution in [0, 0.1) is 0 Å². The standard InChI is InChI=1S/C11H22N2S/c1-3-12-11(14)13(4-2)10-8-6-5-7-9-10/h10H,3-9H2,1-2H3,(H,12,14). The highest BCUT2D eigenvalue weighted by Crippen LogP contribution is 2.22. The van der Waals surface area contributed by atoms with Crippen LogP contribution in [0.3, 0.4) is 0 Å². The quantitative estimate of drug-likeness (QED) is 0.727. The van der Waals surface area contributed by atoms with E-state index in [2.05, 4.69) is 24.1 Å². The lowest BCUT2D eigenvalue weighted by atomic mass is 9.94. The van der Waals surface area contributed by atoms with E-state index < -0.39 is 0 Å². The summed E-state index contributed by atoms with van der Waals surface area (Å²) in [7, 11) is 0. The maximum Gasteiger partial charge on any atom is 0.169 e. The van der Waals surface area contributed by atoms with Gasteiger partial charge in [-0.2, -0.15) is 0 Å². The van der Waals surface area contributed by atoms with Crippen molar-refractivity contribution < 1.29 is 0 Å². The van der Waals surface area contributed by atoms with Gasteiger partial charge in [-0.25, -0.2) is 0 Å². The first-order valence-corrected chi connectivity index (χ1v) is 6.24. The maximum atomic E-state index is 5.37. The summed E-state index contributed by atoms with van der Waals surface area (Å²) >= 11 is 5.37. The molecule has 0 aliphatic heterocycles. The van der Waals surface area contributed by atoms with E-state index in [1.165, 1.54) is 32.1 Å². The second-order valence-electron chi connectivity index (χ2n) is 3.91. The Labute approximate surface area is 93.1 Å². The Morgan fingerprint density at radius 2 is 1.93 bits per heavy atom. The summed E-state index contributed by atoms with van der Waals surface area (Å²) in [6.07, 6.45) is 6.78. The maximum absolute atomic E-state index is 5.37. The predicted octanol–water partition coefficient (Wildman–Crippen LogP) is 2.54. The molecule has 0 aromatic rings. The summed E-state index contributed by atoms with van der Waals surface area (Å²) in [6, 6.07) is 0.695. The van der Waals surface area contributed by atoms with Gasteiger partial charge in [0.15, 0.2) is 5.11 Å². The molecule has 1 saturated carbocycles. The largest absolute Gasteiger partial charge is 0.363 e. The fourth-order valence-corrected chi connectivity index (χ4v) is 2.64. The summed E-state index contributed by atoms with van der Waals surface area (Å²) in [4.78, 5) is 2.36. The molecule has 82 valence electrons. The summed E-state index contributed by atoms with van der Waals surface area (Å²) in [5.41, 5.74) is 0. The lowest BCUT2D eigenvalue weighted by Crippen LogP contribution is -2.46. The highest BCUT2D eigenvalue weighted by molar-refractivity contribution is 7.80. The Morgan fingerprint density at radius 1 is 1.29 bits per heavy atom. The average Bonchev–Trinajstić information content (AvgIpc) is 2.21. The van der Waals surface area contributed by atoms with Crippen LogP contribution >= 0.6 is 12.2 Å². The minimum Gasteiger partial charge on any atom is -0.363 e. The molecule has 1 rings (SSSR count). The number of hydrogen-bond acceptors (Lipinski definition) is 1. The molecule has 0 aromatic heterocycles. The Kier molecular flexibility index (Phi) is 5.23. The Hall–Kier alpha value is -0.310. The van der Waals surface area contributed by atoms with Crippen LogP contribution < -0.4 is 5.32 Å². The van der Waals surface area contributed by atoms with Crippen molar-refractivity contribution in [2.75, 3.05) is 13.1 Å². The van der Waals surface area contributed by atoms with Gasteiger partial charge in [0.1, 0.15) is 0 Å². The van der Waals surface area contributed by atoms with Crippen molar-refractivity contribution in [1.29, 1.82) is 0 Å². The number of nitrogens with one attached hydrogen (secondary N) is 1. The van der Waals surface area contributed by atoms with Crippen LogP contribution in [0.15, 0.2) is 0 Å². The Morgan fingerprint density at radius 3 is 2.43 bits per heavy atom. The molecule has 3 heteroatoms. The number of rotatable bonds is 3. The smallest absolute Gasteiger partial charge is 0.169 e. The van der Waals surface area contributed by atoms with Crippen molar-refractivity contribution in [3.63, 3.8) is 0 Å². The van der Waals surface area contributed by atoms with Gasteiger partial charge in [0, 0.05) is 19.1 Å². The van der Waals surface area contributed by atoms with Crippen LogP contribution in [0.2, 0.25) is 0 Å². The van der Waals surface area contributed by atoms with E-state index in [9.17, 15) is 0 Å². The van der Waals surface area contributed by atoms with Crippen LogP contribution in [0.4, 0.5) is 0 Å². The molecule has 1 aliphatic carbocycles. The topological polar surface area (TPSA) is 15.3 Å². The molecule has 0 saturated heterocycles. The molecule has 1 fully saturated rings. The van der Waals surface area contributed by atoms with Crippen molar-refractivity contribution in [3.05, 3.63) is 0 Å². The summed E-state index contributed by atoms with van der Waals surface area (Å²) in [5.74, 6) is 0. The van der Waals surface area contributed by atoms with Crippen LogP contribution in [0.1, 0.15) is 46.0 Å². The first-order chi connectivity index (χ1) is 6.79. The zero-order valence-electron chi connectivity index (χ0n) is 9.38. The highest BCUT2D eigenvalue weighted by atomic mass is 32.1. The van der Waals surface area contributed by atoms with Crippen LogP contribution in [-0.2, 0) is 0 Å². The summed E-state index contributed by atoms with van der Waals surface area (Å²) in [6.45, 7) is 6.26. The third kappa shape index (κ3) is 3.12. The van der Waals surface area contributed by atoms with Crippen LogP contribution in [0.25, 0.3) is 0 Å². The van der Waals surface area contributed by atoms with Crippen LogP contribution in [-0.4, -0.2) is 29.1 Å².